The highest BCUT2D eigenvalue weighted by atomic mass is 32.1. The Bertz CT molecular complexity index is 2730. The van der Waals surface area contributed by atoms with Crippen LogP contribution >= 0.6 is 22.7 Å². The Labute approximate surface area is 395 Å². The largest absolute Gasteiger partial charge is 0.311 e. The molecule has 2 aromatic heterocycles. The van der Waals surface area contributed by atoms with Crippen LogP contribution < -0.4 is 9.80 Å². The molecular weight excluding hydrogens is 825 g/mol. The molecule has 2 heterocycles. The Hall–Kier alpha value is -6.46. The molecule has 0 fully saturated rings. The maximum atomic E-state index is 2.33. The lowest BCUT2D eigenvalue weighted by Gasteiger charge is -2.25. The fourth-order valence-electron chi connectivity index (χ4n) is 9.33. The van der Waals surface area contributed by atoms with Crippen LogP contribution in [0.5, 0.6) is 0 Å². The minimum Gasteiger partial charge on any atom is -0.311 e. The average Bonchev–Trinajstić information content (AvgIpc) is 3.98. The molecule has 0 aliphatic heterocycles. The molecule has 8 aromatic rings. The number of anilines is 6. The first kappa shape index (κ1) is 43.8. The van der Waals surface area contributed by atoms with E-state index in [-0.39, 0.29) is 0 Å². The summed E-state index contributed by atoms with van der Waals surface area (Å²) in [5.74, 6) is 0. The van der Waals surface area contributed by atoms with Crippen molar-refractivity contribution in [1.82, 2.24) is 0 Å². The van der Waals surface area contributed by atoms with Crippen molar-refractivity contribution in [2.75, 3.05) is 9.80 Å². The highest BCUT2D eigenvalue weighted by molar-refractivity contribution is 7.13. The summed E-state index contributed by atoms with van der Waals surface area (Å²) in [5, 5.41) is 0. The van der Waals surface area contributed by atoms with Crippen LogP contribution in [0.4, 0.5) is 34.1 Å². The molecule has 9 rings (SSSR count). The summed E-state index contributed by atoms with van der Waals surface area (Å²) in [6.45, 7) is 17.9. The lowest BCUT2D eigenvalue weighted by molar-refractivity contribution is 0.940. The summed E-state index contributed by atoms with van der Waals surface area (Å²) in [4.78, 5) is 10.2. The molecule has 0 amide bonds. The number of aryl methyl sites for hydroxylation is 6. The Balaban J connectivity index is 0.945. The van der Waals surface area contributed by atoms with E-state index in [4.69, 9.17) is 0 Å². The molecule has 65 heavy (non-hydrogen) atoms. The molecular formula is C61H58N2S2. The van der Waals surface area contributed by atoms with Gasteiger partial charge in [-0.2, -0.15) is 0 Å². The maximum absolute atomic E-state index is 2.33. The van der Waals surface area contributed by atoms with E-state index >= 15 is 0 Å². The third-order valence-corrected chi connectivity index (χ3v) is 15.2. The van der Waals surface area contributed by atoms with Crippen LogP contribution in [0.1, 0.15) is 94.4 Å². The van der Waals surface area contributed by atoms with Crippen LogP contribution in [0.2, 0.25) is 0 Å². The van der Waals surface area contributed by atoms with Crippen LogP contribution in [0, 0.1) is 55.4 Å². The zero-order valence-corrected chi connectivity index (χ0v) is 40.6. The van der Waals surface area contributed by atoms with Crippen molar-refractivity contribution >= 4 is 92.2 Å². The minimum atomic E-state index is 1.13. The van der Waals surface area contributed by atoms with Crippen molar-refractivity contribution in [3.05, 3.63) is 221 Å². The number of thiophene rings is 2. The van der Waals surface area contributed by atoms with Gasteiger partial charge in [0.25, 0.3) is 0 Å². The molecule has 0 bridgehead atoms. The van der Waals surface area contributed by atoms with E-state index in [9.17, 15) is 0 Å². The van der Waals surface area contributed by atoms with Crippen molar-refractivity contribution in [2.24, 2.45) is 0 Å². The summed E-state index contributed by atoms with van der Waals surface area (Å²) in [7, 11) is 0. The summed E-state index contributed by atoms with van der Waals surface area (Å²) in [6.07, 6.45) is 12.7. The quantitative estimate of drug-likeness (QED) is 0.121. The second-order valence-electron chi connectivity index (χ2n) is 17.7. The van der Waals surface area contributed by atoms with Crippen molar-refractivity contribution in [1.29, 1.82) is 0 Å². The highest BCUT2D eigenvalue weighted by Crippen LogP contribution is 2.48. The van der Waals surface area contributed by atoms with Gasteiger partial charge in [-0.05, 0) is 204 Å². The van der Waals surface area contributed by atoms with Crippen LogP contribution in [0.3, 0.4) is 0 Å². The smallest absolute Gasteiger partial charge is 0.0462 e. The van der Waals surface area contributed by atoms with Crippen molar-refractivity contribution in [2.45, 2.75) is 74.7 Å². The fourth-order valence-corrected chi connectivity index (χ4v) is 11.5. The molecule has 0 spiro atoms. The molecule has 0 saturated carbocycles. The van der Waals surface area contributed by atoms with Gasteiger partial charge in [-0.3, -0.25) is 0 Å². The third kappa shape index (κ3) is 9.38. The number of allylic oxidation sites excluding steroid dienone is 2. The normalized spacial score (nSPS) is 12.9. The Morgan fingerprint density at radius 2 is 0.600 bits per heavy atom. The van der Waals surface area contributed by atoms with Gasteiger partial charge < -0.3 is 9.80 Å². The van der Waals surface area contributed by atoms with Gasteiger partial charge in [0.05, 0.1) is 0 Å². The monoisotopic (exact) mass is 882 g/mol. The van der Waals surface area contributed by atoms with E-state index in [0.29, 0.717) is 0 Å². The first-order valence-electron chi connectivity index (χ1n) is 22.9. The number of hydrogen-bond donors (Lipinski definition) is 0. The molecule has 0 atom stereocenters. The molecule has 0 saturated heterocycles. The van der Waals surface area contributed by atoms with E-state index in [1.807, 2.05) is 22.7 Å². The first-order valence-corrected chi connectivity index (χ1v) is 24.5. The van der Waals surface area contributed by atoms with Gasteiger partial charge in [-0.1, -0.05) is 107 Å². The van der Waals surface area contributed by atoms with Crippen molar-refractivity contribution in [3.63, 3.8) is 0 Å². The van der Waals surface area contributed by atoms with Crippen LogP contribution in [0.15, 0.2) is 146 Å². The molecule has 324 valence electrons. The molecule has 0 N–H and O–H groups in total. The predicted octanol–water partition coefficient (Wildman–Crippen LogP) is 18.7. The number of rotatable bonds is 12. The lowest BCUT2D eigenvalue weighted by Crippen LogP contribution is -2.09. The first-order chi connectivity index (χ1) is 31.5. The molecule has 1 aliphatic carbocycles. The van der Waals surface area contributed by atoms with E-state index in [1.165, 1.54) is 81.6 Å². The summed E-state index contributed by atoms with van der Waals surface area (Å²) in [5.41, 5.74) is 23.2. The lowest BCUT2D eigenvalue weighted by atomic mass is 9.92. The minimum absolute atomic E-state index is 1.13. The summed E-state index contributed by atoms with van der Waals surface area (Å²) in [6, 6.07) is 53.1. The SMILES string of the molecule is Cc1ccc(N(c2ccc(C)cc2)c2ccc(C=Cc3sc(C)c(C4=C(c5c(C)sc(C=Cc6ccc(N(c7ccc(C)cc7)c7ccc(C)cc7)cc6)c5C)CCC4)c3C)cc2)cc1. The van der Waals surface area contributed by atoms with Gasteiger partial charge >= 0.3 is 0 Å². The van der Waals surface area contributed by atoms with Crippen molar-refractivity contribution < 1.29 is 0 Å². The molecule has 4 heteroatoms. The molecule has 6 aromatic carbocycles. The average molecular weight is 883 g/mol. The van der Waals surface area contributed by atoms with E-state index in [2.05, 4.69) is 235 Å². The fraction of sp³-hybridized carbons (Fsp3) is 0.180. The Morgan fingerprint density at radius 1 is 0.338 bits per heavy atom. The van der Waals surface area contributed by atoms with Gasteiger partial charge in [-0.15, -0.1) is 22.7 Å². The Kier molecular flexibility index (Phi) is 12.8. The molecule has 1 aliphatic rings. The van der Waals surface area contributed by atoms with E-state index in [0.717, 1.165) is 47.0 Å². The number of hydrogen-bond acceptors (Lipinski definition) is 4. The topological polar surface area (TPSA) is 6.48 Å². The molecule has 0 radical (unpaired) electrons. The van der Waals surface area contributed by atoms with E-state index < -0.39 is 0 Å². The van der Waals surface area contributed by atoms with Gasteiger partial charge in [0.1, 0.15) is 0 Å². The van der Waals surface area contributed by atoms with Crippen LogP contribution in [-0.2, 0) is 0 Å². The number of benzene rings is 6. The second kappa shape index (κ2) is 18.9. The Morgan fingerprint density at radius 3 is 0.877 bits per heavy atom. The zero-order chi connectivity index (χ0) is 45.2. The van der Waals surface area contributed by atoms with Crippen LogP contribution in [-0.4, -0.2) is 0 Å². The summed E-state index contributed by atoms with van der Waals surface area (Å²) >= 11 is 3.86. The maximum Gasteiger partial charge on any atom is 0.0462 e. The second-order valence-corrected chi connectivity index (χ2v) is 20.2. The highest BCUT2D eigenvalue weighted by Gasteiger charge is 2.26. The van der Waals surface area contributed by atoms with Gasteiger partial charge in [0.15, 0.2) is 0 Å². The standard InChI is InChI=1S/C61H58N2S2/c1-40-12-26-50(27-13-40)62(51-28-14-41(2)15-29-51)54-34-20-48(21-35-54)24-38-58-44(5)60(46(7)64-58)56-10-9-11-57(56)61-45(6)59(65-47(61)8)39-25-49-22-36-55(37-23-49)63(52-30-16-42(3)17-31-52)53-32-18-43(4)19-33-53/h12-39H,9-11H2,1-8H3. The molecule has 2 nitrogen and oxygen atoms in total. The van der Waals surface area contributed by atoms with Crippen molar-refractivity contribution in [3.8, 4) is 0 Å². The summed E-state index contributed by atoms with van der Waals surface area (Å²) < 4.78 is 0. The number of nitrogens with zero attached hydrogens (tertiary/aromatic N) is 2. The van der Waals surface area contributed by atoms with Crippen LogP contribution in [0.25, 0.3) is 35.5 Å². The zero-order valence-electron chi connectivity index (χ0n) is 39.0. The van der Waals surface area contributed by atoms with Gasteiger partial charge in [-0.25, -0.2) is 0 Å². The third-order valence-electron chi connectivity index (χ3n) is 12.9. The van der Waals surface area contributed by atoms with Gasteiger partial charge in [0.2, 0.25) is 0 Å². The van der Waals surface area contributed by atoms with Gasteiger partial charge in [0, 0.05) is 53.6 Å². The predicted molar refractivity (Wildman–Crippen MR) is 287 cm³/mol. The molecule has 0 unspecified atom stereocenters. The van der Waals surface area contributed by atoms with E-state index in [1.54, 1.807) is 11.1 Å².